The number of nitro groups is 1. The lowest BCUT2D eigenvalue weighted by Crippen LogP contribution is -2.41. The first kappa shape index (κ1) is 20.8. The molecule has 0 aliphatic heterocycles. The minimum absolute atomic E-state index is 0.0990. The van der Waals surface area contributed by atoms with Crippen molar-refractivity contribution in [2.45, 2.75) is 25.4 Å². The van der Waals surface area contributed by atoms with Crippen LogP contribution in [-0.2, 0) is 9.59 Å². The maximum Gasteiger partial charge on any atom is 0.321 e. The highest BCUT2D eigenvalue weighted by atomic mass is 16.6. The maximum atomic E-state index is 12.4. The highest BCUT2D eigenvalue weighted by Crippen LogP contribution is 2.29. The fourth-order valence-electron chi connectivity index (χ4n) is 2.65. The zero-order chi connectivity index (χ0) is 20.7. The van der Waals surface area contributed by atoms with Gasteiger partial charge in [0.1, 0.15) is 11.8 Å². The van der Waals surface area contributed by atoms with Gasteiger partial charge in [-0.2, -0.15) is 0 Å². The molecule has 0 aliphatic rings. The van der Waals surface area contributed by atoms with Gasteiger partial charge < -0.3 is 15.2 Å². The Labute approximate surface area is 161 Å². The number of nitro benzene ring substituents is 1. The molecule has 0 heterocycles. The average Bonchev–Trinajstić information content (AvgIpc) is 2.67. The predicted molar refractivity (Wildman–Crippen MR) is 102 cm³/mol. The number of carboxylic acid groups (broad SMARTS) is 1. The molecular weight excluding hydrogens is 366 g/mol. The summed E-state index contributed by atoms with van der Waals surface area (Å²) in [5.74, 6) is -1.56. The van der Waals surface area contributed by atoms with E-state index in [2.05, 4.69) is 10.6 Å². The van der Waals surface area contributed by atoms with Gasteiger partial charge in [-0.1, -0.05) is 30.3 Å². The number of methoxy groups -OCH3 is 1. The zero-order valence-electron chi connectivity index (χ0n) is 15.4. The molecule has 0 aromatic heterocycles. The molecule has 0 fully saturated rings. The summed E-state index contributed by atoms with van der Waals surface area (Å²) in [7, 11) is 1.36. The van der Waals surface area contributed by atoms with E-state index in [1.54, 1.807) is 6.92 Å². The van der Waals surface area contributed by atoms with Crippen LogP contribution in [0.4, 0.5) is 11.4 Å². The summed E-state index contributed by atoms with van der Waals surface area (Å²) >= 11 is 0. The van der Waals surface area contributed by atoms with E-state index in [1.807, 2.05) is 30.3 Å². The predicted octanol–water partition coefficient (Wildman–Crippen LogP) is 2.74. The summed E-state index contributed by atoms with van der Waals surface area (Å²) in [6.07, 6.45) is -0.363. The smallest absolute Gasteiger partial charge is 0.321 e. The Bertz CT molecular complexity index is 856. The minimum Gasteiger partial charge on any atom is -0.495 e. The van der Waals surface area contributed by atoms with E-state index >= 15 is 0 Å². The summed E-state index contributed by atoms with van der Waals surface area (Å²) in [5.41, 5.74) is 0.762. The first-order chi connectivity index (χ1) is 13.3. The van der Waals surface area contributed by atoms with Crippen molar-refractivity contribution in [3.8, 4) is 5.75 Å². The summed E-state index contributed by atoms with van der Waals surface area (Å²) in [6, 6.07) is 11.6. The molecule has 2 aromatic rings. The number of nitrogens with one attached hydrogen (secondary N) is 2. The van der Waals surface area contributed by atoms with E-state index in [0.717, 1.165) is 11.6 Å². The number of aliphatic carboxylic acids is 1. The Kier molecular flexibility index (Phi) is 7.05. The molecule has 2 unspecified atom stereocenters. The van der Waals surface area contributed by atoms with Crippen LogP contribution in [0, 0.1) is 10.1 Å². The lowest BCUT2D eigenvalue weighted by Gasteiger charge is -2.20. The van der Waals surface area contributed by atoms with Crippen LogP contribution >= 0.6 is 0 Å². The second kappa shape index (κ2) is 9.47. The van der Waals surface area contributed by atoms with E-state index in [0.29, 0.717) is 0 Å². The number of rotatable bonds is 9. The Morgan fingerprint density at radius 2 is 1.89 bits per heavy atom. The molecule has 2 aromatic carbocycles. The summed E-state index contributed by atoms with van der Waals surface area (Å²) in [6.45, 7) is 1.80. The number of carbonyl (C=O) groups excluding carboxylic acids is 1. The highest BCUT2D eigenvalue weighted by molar-refractivity contribution is 5.95. The van der Waals surface area contributed by atoms with E-state index in [1.165, 1.54) is 19.2 Å². The Morgan fingerprint density at radius 1 is 1.21 bits per heavy atom. The molecular formula is C19H21N3O6. The van der Waals surface area contributed by atoms with Gasteiger partial charge in [0.25, 0.3) is 5.69 Å². The van der Waals surface area contributed by atoms with Crippen molar-refractivity contribution < 1.29 is 24.4 Å². The van der Waals surface area contributed by atoms with Gasteiger partial charge in [-0.3, -0.25) is 25.0 Å². The van der Waals surface area contributed by atoms with Crippen molar-refractivity contribution in [1.82, 2.24) is 5.32 Å². The van der Waals surface area contributed by atoms with Gasteiger partial charge in [-0.25, -0.2) is 0 Å². The van der Waals surface area contributed by atoms with Gasteiger partial charge >= 0.3 is 5.97 Å². The van der Waals surface area contributed by atoms with Gasteiger partial charge in [0.15, 0.2) is 0 Å². The van der Waals surface area contributed by atoms with Crippen LogP contribution in [0.25, 0.3) is 0 Å². The zero-order valence-corrected chi connectivity index (χ0v) is 15.4. The fourth-order valence-corrected chi connectivity index (χ4v) is 2.65. The minimum atomic E-state index is -1.18. The number of nitrogens with zero attached hydrogens (tertiary/aromatic N) is 1. The largest absolute Gasteiger partial charge is 0.495 e. The van der Waals surface area contributed by atoms with Crippen LogP contribution in [-0.4, -0.2) is 35.1 Å². The Balaban J connectivity index is 2.09. The van der Waals surface area contributed by atoms with Gasteiger partial charge in [-0.15, -0.1) is 0 Å². The molecule has 0 radical (unpaired) electrons. The molecule has 9 nitrogen and oxygen atoms in total. The number of non-ortho nitro benzene ring substituents is 1. The van der Waals surface area contributed by atoms with Crippen molar-refractivity contribution in [3.63, 3.8) is 0 Å². The Hall–Kier alpha value is -3.46. The fraction of sp³-hybridized carbons (Fsp3) is 0.263. The average molecular weight is 387 g/mol. The maximum absolute atomic E-state index is 12.4. The second-order valence-electron chi connectivity index (χ2n) is 6.08. The standard InChI is InChI=1S/C19H21N3O6/c1-12(13-6-4-3-5-7-13)20-16(19(24)25)11-18(23)21-15-10-14(22(26)27)8-9-17(15)28-2/h3-10,12,16,20H,11H2,1-2H3,(H,21,23)(H,24,25). The number of amides is 1. The summed E-state index contributed by atoms with van der Waals surface area (Å²) in [4.78, 5) is 34.2. The first-order valence-corrected chi connectivity index (χ1v) is 8.48. The third-order valence-electron chi connectivity index (χ3n) is 4.11. The Morgan fingerprint density at radius 3 is 2.46 bits per heavy atom. The van der Waals surface area contributed by atoms with Gasteiger partial charge in [0.2, 0.25) is 5.91 Å². The summed E-state index contributed by atoms with van der Waals surface area (Å²) in [5, 5.41) is 25.8. The number of hydrogen-bond donors (Lipinski definition) is 3. The number of anilines is 1. The lowest BCUT2D eigenvalue weighted by molar-refractivity contribution is -0.384. The van der Waals surface area contributed by atoms with Gasteiger partial charge in [0, 0.05) is 18.2 Å². The number of hydrogen-bond acceptors (Lipinski definition) is 6. The molecule has 0 aliphatic carbocycles. The van der Waals surface area contributed by atoms with E-state index < -0.39 is 22.8 Å². The first-order valence-electron chi connectivity index (χ1n) is 8.48. The molecule has 0 spiro atoms. The molecule has 148 valence electrons. The van der Waals surface area contributed by atoms with Crippen molar-refractivity contribution in [3.05, 3.63) is 64.2 Å². The van der Waals surface area contributed by atoms with Crippen molar-refractivity contribution in [1.29, 1.82) is 0 Å². The number of carboxylic acids is 1. The molecule has 0 saturated carbocycles. The van der Waals surface area contributed by atoms with Gasteiger partial charge in [0.05, 0.1) is 24.1 Å². The molecule has 2 atom stereocenters. The summed E-state index contributed by atoms with van der Waals surface area (Å²) < 4.78 is 5.09. The van der Waals surface area contributed by atoms with Crippen LogP contribution in [0.1, 0.15) is 24.9 Å². The van der Waals surface area contributed by atoms with E-state index in [4.69, 9.17) is 4.74 Å². The van der Waals surface area contributed by atoms with Crippen LogP contribution in [0.3, 0.4) is 0 Å². The second-order valence-corrected chi connectivity index (χ2v) is 6.08. The van der Waals surface area contributed by atoms with Gasteiger partial charge in [-0.05, 0) is 18.6 Å². The van der Waals surface area contributed by atoms with Crippen LogP contribution in [0.15, 0.2) is 48.5 Å². The van der Waals surface area contributed by atoms with Crippen molar-refractivity contribution in [2.75, 3.05) is 12.4 Å². The molecule has 28 heavy (non-hydrogen) atoms. The van der Waals surface area contributed by atoms with Crippen LogP contribution in [0.5, 0.6) is 5.75 Å². The molecule has 1 amide bonds. The van der Waals surface area contributed by atoms with Crippen molar-refractivity contribution in [2.24, 2.45) is 0 Å². The van der Waals surface area contributed by atoms with E-state index in [-0.39, 0.29) is 29.6 Å². The SMILES string of the molecule is COc1ccc([N+](=O)[O-])cc1NC(=O)CC(NC(C)c1ccccc1)C(=O)O. The number of ether oxygens (including phenoxy) is 1. The lowest BCUT2D eigenvalue weighted by atomic mass is 10.1. The number of carbonyl (C=O) groups is 2. The normalized spacial score (nSPS) is 12.6. The third-order valence-corrected chi connectivity index (χ3v) is 4.11. The van der Waals surface area contributed by atoms with Crippen molar-refractivity contribution >= 4 is 23.3 Å². The quantitative estimate of drug-likeness (QED) is 0.445. The molecule has 3 N–H and O–H groups in total. The molecule has 9 heteroatoms. The number of benzene rings is 2. The monoisotopic (exact) mass is 387 g/mol. The van der Waals surface area contributed by atoms with Crippen LogP contribution < -0.4 is 15.4 Å². The molecule has 0 saturated heterocycles. The van der Waals surface area contributed by atoms with Crippen LogP contribution in [0.2, 0.25) is 0 Å². The van der Waals surface area contributed by atoms with E-state index in [9.17, 15) is 24.8 Å². The highest BCUT2D eigenvalue weighted by Gasteiger charge is 2.24. The molecule has 0 bridgehead atoms. The third kappa shape index (κ3) is 5.52. The topological polar surface area (TPSA) is 131 Å². The molecule has 2 rings (SSSR count).